The summed E-state index contributed by atoms with van der Waals surface area (Å²) in [6.07, 6.45) is 0. The van der Waals surface area contributed by atoms with E-state index in [9.17, 15) is 0 Å². The molecule has 1 heterocycles. The summed E-state index contributed by atoms with van der Waals surface area (Å²) in [7, 11) is -0.566. The van der Waals surface area contributed by atoms with Gasteiger partial charge in [0.05, 0.1) is 9.52 Å². The van der Waals surface area contributed by atoms with Crippen LogP contribution >= 0.6 is 0 Å². The van der Waals surface area contributed by atoms with E-state index in [4.69, 9.17) is 9.47 Å². The Labute approximate surface area is 187 Å². The third kappa shape index (κ3) is 3.96. The van der Waals surface area contributed by atoms with Crippen molar-refractivity contribution in [3.63, 3.8) is 0 Å². The second-order valence-corrected chi connectivity index (χ2v) is 13.0. The number of fused-ring (bicyclic) bond motifs is 1. The highest BCUT2D eigenvalue weighted by Gasteiger charge is 2.41. The molecule has 1 aliphatic heterocycles. The highest BCUT2D eigenvalue weighted by molar-refractivity contribution is 6.95. The molecule has 0 bridgehead atoms. The van der Waals surface area contributed by atoms with Gasteiger partial charge in [0, 0.05) is 0 Å². The van der Waals surface area contributed by atoms with Gasteiger partial charge in [-0.3, -0.25) is 0 Å². The fourth-order valence-corrected chi connectivity index (χ4v) is 10.3. The van der Waals surface area contributed by atoms with Gasteiger partial charge >= 0.3 is 0 Å². The van der Waals surface area contributed by atoms with Crippen LogP contribution in [0.2, 0.25) is 0 Å². The first-order valence-corrected chi connectivity index (χ1v) is 13.0. The average Bonchev–Trinajstić information content (AvgIpc) is 3.29. The molecule has 0 saturated heterocycles. The van der Waals surface area contributed by atoms with Crippen LogP contribution in [-0.4, -0.2) is 25.1 Å². The molecule has 0 aromatic heterocycles. The van der Waals surface area contributed by atoms with Crippen molar-refractivity contribution in [2.24, 2.45) is 0 Å². The zero-order valence-corrected chi connectivity index (χ0v) is 19.4. The molecule has 31 heavy (non-hydrogen) atoms. The standard InChI is InChI=1S/C27H23O2Si2/c1-27(30-22-11-5-2-6-12-22,21-17-18-25-26(19-21)29-20-28-25)31(23-13-7-3-8-14-23)24-15-9-4-10-16-24/h2-19H,20H2,1H3. The molecule has 0 spiro atoms. The summed E-state index contributed by atoms with van der Waals surface area (Å²) >= 11 is 0. The summed E-state index contributed by atoms with van der Waals surface area (Å²) in [4.78, 5) is 0. The van der Waals surface area contributed by atoms with Gasteiger partial charge in [-0.05, 0) is 22.4 Å². The zero-order chi connectivity index (χ0) is 21.1. The third-order valence-corrected chi connectivity index (χ3v) is 11.4. The summed E-state index contributed by atoms with van der Waals surface area (Å²) in [5.41, 5.74) is 1.31. The molecule has 3 radical (unpaired) electrons. The van der Waals surface area contributed by atoms with E-state index in [2.05, 4.69) is 116 Å². The van der Waals surface area contributed by atoms with E-state index < -0.39 is 8.80 Å². The molecule has 0 aliphatic carbocycles. The molecule has 4 heteroatoms. The Balaban J connectivity index is 1.71. The monoisotopic (exact) mass is 435 g/mol. The minimum atomic E-state index is -1.19. The summed E-state index contributed by atoms with van der Waals surface area (Å²) < 4.78 is 11.3. The van der Waals surface area contributed by atoms with Crippen LogP contribution in [0.1, 0.15) is 12.5 Å². The van der Waals surface area contributed by atoms with Gasteiger partial charge in [-0.15, -0.1) is 0 Å². The molecule has 1 aliphatic rings. The van der Waals surface area contributed by atoms with Crippen LogP contribution in [0.4, 0.5) is 0 Å². The van der Waals surface area contributed by atoms with Gasteiger partial charge in [-0.1, -0.05) is 120 Å². The molecule has 4 aromatic carbocycles. The lowest BCUT2D eigenvalue weighted by Gasteiger charge is -2.37. The van der Waals surface area contributed by atoms with Crippen LogP contribution in [0.5, 0.6) is 11.5 Å². The summed E-state index contributed by atoms with van der Waals surface area (Å²) in [5, 5.41) is 4.21. The molecule has 0 amide bonds. The Morgan fingerprint density at radius 3 is 1.84 bits per heavy atom. The molecule has 0 saturated carbocycles. The lowest BCUT2D eigenvalue weighted by atomic mass is 10.1. The minimum Gasteiger partial charge on any atom is -0.454 e. The maximum absolute atomic E-state index is 5.77. The lowest BCUT2D eigenvalue weighted by molar-refractivity contribution is 0.174. The van der Waals surface area contributed by atoms with Gasteiger partial charge in [0.1, 0.15) is 8.80 Å². The molecular formula is C27H23O2Si2. The second-order valence-electron chi connectivity index (χ2n) is 7.79. The first-order valence-electron chi connectivity index (χ1n) is 10.5. The van der Waals surface area contributed by atoms with Crippen LogP contribution in [-0.2, 0) is 4.66 Å². The van der Waals surface area contributed by atoms with E-state index in [1.54, 1.807) is 0 Å². The predicted octanol–water partition coefficient (Wildman–Crippen LogP) is 3.51. The van der Waals surface area contributed by atoms with Crippen molar-refractivity contribution < 1.29 is 9.47 Å². The van der Waals surface area contributed by atoms with E-state index in [1.165, 1.54) is 21.1 Å². The third-order valence-electron chi connectivity index (χ3n) is 5.74. The van der Waals surface area contributed by atoms with Gasteiger partial charge in [-0.2, -0.15) is 0 Å². The summed E-state index contributed by atoms with van der Waals surface area (Å²) in [6, 6.07) is 39.4. The van der Waals surface area contributed by atoms with Gasteiger partial charge in [-0.25, -0.2) is 0 Å². The van der Waals surface area contributed by atoms with E-state index in [0.29, 0.717) is 16.3 Å². The molecule has 1 atom stereocenters. The van der Waals surface area contributed by atoms with Crippen LogP contribution in [0.3, 0.4) is 0 Å². The van der Waals surface area contributed by atoms with E-state index in [0.717, 1.165) is 11.5 Å². The fourth-order valence-electron chi connectivity index (χ4n) is 4.25. The van der Waals surface area contributed by atoms with Gasteiger partial charge in [0.2, 0.25) is 6.79 Å². The first kappa shape index (κ1) is 19.9. The van der Waals surface area contributed by atoms with Crippen molar-refractivity contribution in [3.8, 4) is 11.5 Å². The van der Waals surface area contributed by atoms with Gasteiger partial charge in [0.25, 0.3) is 0 Å². The van der Waals surface area contributed by atoms with Crippen molar-refractivity contribution in [3.05, 3.63) is 115 Å². The molecule has 5 rings (SSSR count). The zero-order valence-electron chi connectivity index (χ0n) is 17.4. The Bertz CT molecular complexity index is 1110. The topological polar surface area (TPSA) is 18.5 Å². The Morgan fingerprint density at radius 2 is 1.23 bits per heavy atom. The quantitative estimate of drug-likeness (QED) is 0.432. The minimum absolute atomic E-state index is 0.0737. The average molecular weight is 436 g/mol. The SMILES string of the molecule is CC([Si]c1ccccc1)(c1ccc2c(c1)OCO2)[Si](c1ccccc1)c1ccccc1. The molecule has 0 fully saturated rings. The maximum atomic E-state index is 5.77. The number of ether oxygens (including phenoxy) is 2. The Morgan fingerprint density at radius 1 is 0.677 bits per heavy atom. The Kier molecular flexibility index (Phi) is 5.49. The predicted molar refractivity (Wildman–Crippen MR) is 130 cm³/mol. The molecule has 1 unspecified atom stereocenters. The molecule has 151 valence electrons. The van der Waals surface area contributed by atoms with Crippen molar-refractivity contribution >= 4 is 33.9 Å². The number of rotatable bonds is 6. The summed E-state index contributed by atoms with van der Waals surface area (Å²) in [5.74, 6) is 1.69. The van der Waals surface area contributed by atoms with Crippen molar-refractivity contribution in [2.45, 2.75) is 11.6 Å². The molecular weight excluding hydrogens is 412 g/mol. The Hall–Kier alpha value is -3.09. The van der Waals surface area contributed by atoms with Crippen molar-refractivity contribution in [2.75, 3.05) is 6.79 Å². The molecule has 2 nitrogen and oxygen atoms in total. The second kappa shape index (κ2) is 8.57. The highest BCUT2D eigenvalue weighted by Crippen LogP contribution is 2.37. The van der Waals surface area contributed by atoms with Gasteiger partial charge < -0.3 is 9.47 Å². The number of hydrogen-bond donors (Lipinski definition) is 0. The summed E-state index contributed by atoms with van der Waals surface area (Å²) in [6.45, 7) is 2.73. The van der Waals surface area contributed by atoms with Crippen molar-refractivity contribution in [1.29, 1.82) is 0 Å². The number of hydrogen-bond acceptors (Lipinski definition) is 2. The lowest BCUT2D eigenvalue weighted by Crippen LogP contribution is -2.61. The fraction of sp³-hybridized carbons (Fsp3) is 0.111. The van der Waals surface area contributed by atoms with Crippen LogP contribution in [0, 0.1) is 0 Å². The normalized spacial score (nSPS) is 14.4. The molecule has 4 aromatic rings. The largest absolute Gasteiger partial charge is 0.454 e. The van der Waals surface area contributed by atoms with Crippen molar-refractivity contribution in [1.82, 2.24) is 0 Å². The maximum Gasteiger partial charge on any atom is 0.231 e. The van der Waals surface area contributed by atoms with E-state index >= 15 is 0 Å². The smallest absolute Gasteiger partial charge is 0.231 e. The van der Waals surface area contributed by atoms with Gasteiger partial charge in [0.15, 0.2) is 11.5 Å². The number of benzene rings is 4. The van der Waals surface area contributed by atoms with Crippen LogP contribution < -0.4 is 25.0 Å². The highest BCUT2D eigenvalue weighted by atomic mass is 28.3. The van der Waals surface area contributed by atoms with E-state index in [-0.39, 0.29) is 4.66 Å². The first-order chi connectivity index (χ1) is 15.2. The van der Waals surface area contributed by atoms with Crippen LogP contribution in [0.15, 0.2) is 109 Å². The molecule has 0 N–H and O–H groups in total. The van der Waals surface area contributed by atoms with E-state index in [1.807, 2.05) is 0 Å². The van der Waals surface area contributed by atoms with Crippen LogP contribution in [0.25, 0.3) is 0 Å².